The molecule has 1 aliphatic rings. The number of carbonyl (C=O) groups excluding carboxylic acids is 1. The number of halogens is 2. The first kappa shape index (κ1) is 15.1. The number of aromatic nitrogens is 3. The average Bonchev–Trinajstić information content (AvgIpc) is 2.94. The maximum Gasteiger partial charge on any atom is 0.255 e. The monoisotopic (exact) mass is 344 g/mol. The van der Waals surface area contributed by atoms with Gasteiger partial charge in [-0.1, -0.05) is 11.6 Å². The second kappa shape index (κ2) is 5.56. The highest BCUT2D eigenvalue weighted by Gasteiger charge is 2.25. The molecular formula is C17H14ClFN4O. The molecule has 1 aromatic carbocycles. The van der Waals surface area contributed by atoms with E-state index in [-0.39, 0.29) is 10.9 Å². The number of aryl methyl sites for hydroxylation is 1. The summed E-state index contributed by atoms with van der Waals surface area (Å²) < 4.78 is 15.0. The van der Waals surface area contributed by atoms with Gasteiger partial charge in [-0.25, -0.2) is 13.9 Å². The molecule has 4 rings (SSSR count). The molecule has 1 amide bonds. The Kier molecular flexibility index (Phi) is 3.49. The van der Waals surface area contributed by atoms with Crippen LogP contribution in [0.4, 0.5) is 4.39 Å². The fraction of sp³-hybridized carbons (Fsp3) is 0.235. The van der Waals surface area contributed by atoms with E-state index in [1.807, 2.05) is 17.5 Å². The van der Waals surface area contributed by atoms with Gasteiger partial charge in [0.15, 0.2) is 5.65 Å². The topological polar surface area (TPSA) is 50.5 Å². The molecule has 7 heteroatoms. The van der Waals surface area contributed by atoms with Crippen LogP contribution in [0.25, 0.3) is 5.65 Å². The van der Waals surface area contributed by atoms with Crippen molar-refractivity contribution in [3.05, 3.63) is 63.8 Å². The predicted octanol–water partition coefficient (Wildman–Crippen LogP) is 3.03. The van der Waals surface area contributed by atoms with Gasteiger partial charge in [0, 0.05) is 37.3 Å². The number of nitrogens with zero attached hydrogens (tertiary/aromatic N) is 4. The molecule has 3 aromatic rings. The van der Waals surface area contributed by atoms with Crippen LogP contribution >= 0.6 is 11.6 Å². The number of benzene rings is 1. The summed E-state index contributed by atoms with van der Waals surface area (Å²) in [4.78, 5) is 18.8. The van der Waals surface area contributed by atoms with E-state index < -0.39 is 5.82 Å². The van der Waals surface area contributed by atoms with Crippen LogP contribution in [0.3, 0.4) is 0 Å². The van der Waals surface area contributed by atoms with Gasteiger partial charge in [0.1, 0.15) is 5.82 Å². The molecule has 122 valence electrons. The zero-order valence-corrected chi connectivity index (χ0v) is 13.7. The first-order valence-corrected chi connectivity index (χ1v) is 7.98. The van der Waals surface area contributed by atoms with E-state index in [0.29, 0.717) is 25.1 Å². The summed E-state index contributed by atoms with van der Waals surface area (Å²) >= 11 is 6.01. The first-order valence-electron chi connectivity index (χ1n) is 7.60. The highest BCUT2D eigenvalue weighted by Crippen LogP contribution is 2.24. The van der Waals surface area contributed by atoms with Crippen LogP contribution in [0.2, 0.25) is 5.02 Å². The molecule has 0 spiro atoms. The van der Waals surface area contributed by atoms with Gasteiger partial charge < -0.3 is 4.90 Å². The van der Waals surface area contributed by atoms with Gasteiger partial charge >= 0.3 is 0 Å². The Hall–Kier alpha value is -2.47. The zero-order chi connectivity index (χ0) is 16.8. The van der Waals surface area contributed by atoms with E-state index in [0.717, 1.165) is 28.7 Å². The first-order chi connectivity index (χ1) is 11.5. The third-order valence-electron chi connectivity index (χ3n) is 4.22. The van der Waals surface area contributed by atoms with Gasteiger partial charge in [-0.3, -0.25) is 4.79 Å². The maximum atomic E-state index is 13.2. The lowest BCUT2D eigenvalue weighted by Gasteiger charge is -2.29. The van der Waals surface area contributed by atoms with Gasteiger partial charge in [-0.05, 0) is 25.1 Å². The van der Waals surface area contributed by atoms with E-state index in [1.165, 1.54) is 12.1 Å². The molecule has 0 bridgehead atoms. The van der Waals surface area contributed by atoms with Gasteiger partial charge in [0.2, 0.25) is 0 Å². The van der Waals surface area contributed by atoms with E-state index in [1.54, 1.807) is 11.1 Å². The summed E-state index contributed by atoms with van der Waals surface area (Å²) in [5.74, 6) is -0.663. The molecule has 0 fully saturated rings. The Morgan fingerprint density at radius 2 is 2.17 bits per heavy atom. The van der Waals surface area contributed by atoms with Crippen molar-refractivity contribution >= 4 is 23.2 Å². The average molecular weight is 345 g/mol. The number of carbonyl (C=O) groups is 1. The molecule has 0 unspecified atom stereocenters. The van der Waals surface area contributed by atoms with E-state index >= 15 is 0 Å². The van der Waals surface area contributed by atoms with E-state index in [2.05, 4.69) is 10.1 Å². The van der Waals surface area contributed by atoms with Crippen LogP contribution in [0.1, 0.15) is 27.3 Å². The lowest BCUT2D eigenvalue weighted by Crippen LogP contribution is -2.37. The van der Waals surface area contributed by atoms with Crippen molar-refractivity contribution in [2.45, 2.75) is 19.9 Å². The second-order valence-corrected chi connectivity index (χ2v) is 6.29. The Morgan fingerprint density at radius 1 is 1.33 bits per heavy atom. The molecule has 3 heterocycles. The lowest BCUT2D eigenvalue weighted by molar-refractivity contribution is 0.0732. The molecule has 0 N–H and O–H groups in total. The summed E-state index contributed by atoms with van der Waals surface area (Å²) in [5.41, 5.74) is 4.07. The Morgan fingerprint density at radius 3 is 2.96 bits per heavy atom. The highest BCUT2D eigenvalue weighted by molar-refractivity contribution is 6.33. The number of fused-ring (bicyclic) bond motifs is 3. The third kappa shape index (κ3) is 2.43. The number of hydrogen-bond donors (Lipinski definition) is 0. The third-order valence-corrected chi connectivity index (χ3v) is 4.53. The Balaban J connectivity index is 1.66. The maximum absolute atomic E-state index is 13.2. The van der Waals surface area contributed by atoms with Crippen LogP contribution in [-0.4, -0.2) is 31.9 Å². The molecule has 1 aliphatic heterocycles. The number of rotatable bonds is 1. The fourth-order valence-corrected chi connectivity index (χ4v) is 3.31. The largest absolute Gasteiger partial charge is 0.334 e. The normalized spacial score (nSPS) is 14.0. The van der Waals surface area contributed by atoms with E-state index in [9.17, 15) is 9.18 Å². The molecule has 5 nitrogen and oxygen atoms in total. The van der Waals surface area contributed by atoms with Gasteiger partial charge in [0.05, 0.1) is 22.0 Å². The minimum Gasteiger partial charge on any atom is -0.334 e. The van der Waals surface area contributed by atoms with Crippen LogP contribution < -0.4 is 0 Å². The van der Waals surface area contributed by atoms with Gasteiger partial charge in [0.25, 0.3) is 5.91 Å². The summed E-state index contributed by atoms with van der Waals surface area (Å²) in [6.45, 7) is 2.91. The minimum atomic E-state index is -0.457. The van der Waals surface area contributed by atoms with Crippen molar-refractivity contribution in [1.82, 2.24) is 19.5 Å². The molecule has 0 atom stereocenters. The van der Waals surface area contributed by atoms with Gasteiger partial charge in [-0.15, -0.1) is 0 Å². The SMILES string of the molecule is Cc1cc2ncc3c(n2n1)CCN(C(=O)c1ccc(F)cc1Cl)C3. The molecule has 0 aliphatic carbocycles. The highest BCUT2D eigenvalue weighted by atomic mass is 35.5. The lowest BCUT2D eigenvalue weighted by atomic mass is 10.1. The zero-order valence-electron chi connectivity index (χ0n) is 13.0. The Bertz CT molecular complexity index is 969. The van der Waals surface area contributed by atoms with Crippen molar-refractivity contribution in [3.63, 3.8) is 0 Å². The number of amides is 1. The summed E-state index contributed by atoms with van der Waals surface area (Å²) in [5, 5.41) is 4.59. The van der Waals surface area contributed by atoms with E-state index in [4.69, 9.17) is 11.6 Å². The standard InChI is InChI=1S/C17H14ClFN4O/c1-10-6-16-20-8-11-9-22(5-4-15(11)23(16)21-10)17(24)13-3-2-12(19)7-14(13)18/h2-3,6-8H,4-5,9H2,1H3. The van der Waals surface area contributed by atoms with Crippen LogP contribution in [0, 0.1) is 12.7 Å². The summed E-state index contributed by atoms with van der Waals surface area (Å²) in [7, 11) is 0. The van der Waals surface area contributed by atoms with Crippen molar-refractivity contribution in [2.75, 3.05) is 6.54 Å². The molecule has 0 saturated heterocycles. The van der Waals surface area contributed by atoms with Gasteiger partial charge in [-0.2, -0.15) is 5.10 Å². The molecule has 0 saturated carbocycles. The van der Waals surface area contributed by atoms with Crippen molar-refractivity contribution in [1.29, 1.82) is 0 Å². The fourth-order valence-electron chi connectivity index (χ4n) is 3.06. The van der Waals surface area contributed by atoms with Crippen LogP contribution in [-0.2, 0) is 13.0 Å². The molecular weight excluding hydrogens is 331 g/mol. The van der Waals surface area contributed by atoms with Crippen molar-refractivity contribution < 1.29 is 9.18 Å². The summed E-state index contributed by atoms with van der Waals surface area (Å²) in [6, 6.07) is 5.75. The summed E-state index contributed by atoms with van der Waals surface area (Å²) in [6.07, 6.45) is 2.47. The van der Waals surface area contributed by atoms with Crippen LogP contribution in [0.15, 0.2) is 30.5 Å². The Labute approximate surface area is 142 Å². The minimum absolute atomic E-state index is 0.127. The second-order valence-electron chi connectivity index (χ2n) is 5.89. The van der Waals surface area contributed by atoms with Crippen LogP contribution in [0.5, 0.6) is 0 Å². The molecule has 2 aromatic heterocycles. The smallest absolute Gasteiger partial charge is 0.255 e. The molecule has 0 radical (unpaired) electrons. The van der Waals surface area contributed by atoms with Crippen molar-refractivity contribution in [2.24, 2.45) is 0 Å². The van der Waals surface area contributed by atoms with Crippen molar-refractivity contribution in [3.8, 4) is 0 Å². The quantitative estimate of drug-likeness (QED) is 0.682. The number of hydrogen-bond acceptors (Lipinski definition) is 3. The molecule has 24 heavy (non-hydrogen) atoms. The predicted molar refractivity (Wildman–Crippen MR) is 87.6 cm³/mol.